The molecule has 0 aromatic heterocycles. The van der Waals surface area contributed by atoms with E-state index in [9.17, 15) is 9.59 Å². The van der Waals surface area contributed by atoms with Gasteiger partial charge < -0.3 is 19.7 Å². The molecule has 1 unspecified atom stereocenters. The van der Waals surface area contributed by atoms with Crippen molar-refractivity contribution in [1.82, 2.24) is 15.1 Å². The number of benzene rings is 1. The van der Waals surface area contributed by atoms with Crippen molar-refractivity contribution in [2.45, 2.75) is 70.4 Å². The summed E-state index contributed by atoms with van der Waals surface area (Å²) in [6, 6.07) is 5.73. The maximum atomic E-state index is 13.4. The Morgan fingerprint density at radius 3 is 2.36 bits per heavy atom. The van der Waals surface area contributed by atoms with Crippen LogP contribution in [0, 0.1) is 11.8 Å². The van der Waals surface area contributed by atoms with Gasteiger partial charge in [-0.3, -0.25) is 14.5 Å². The van der Waals surface area contributed by atoms with Crippen LogP contribution in [0.15, 0.2) is 18.2 Å². The number of fused-ring (bicyclic) bond motifs is 1. The average molecular weight is 456 g/mol. The Bertz CT molecular complexity index is 840. The lowest BCUT2D eigenvalue weighted by atomic mass is 9.88. The fourth-order valence-corrected chi connectivity index (χ4v) is 6.12. The molecule has 0 bridgehead atoms. The maximum Gasteiger partial charge on any atom is 0.237 e. The van der Waals surface area contributed by atoms with Gasteiger partial charge in [0.05, 0.1) is 6.04 Å². The van der Waals surface area contributed by atoms with Crippen LogP contribution in [0.2, 0.25) is 0 Å². The van der Waals surface area contributed by atoms with Crippen LogP contribution < -0.4 is 14.8 Å². The van der Waals surface area contributed by atoms with Gasteiger partial charge in [0.15, 0.2) is 11.5 Å². The summed E-state index contributed by atoms with van der Waals surface area (Å²) in [6.45, 7) is 3.80. The first-order valence-corrected chi connectivity index (χ1v) is 12.9. The predicted molar refractivity (Wildman–Crippen MR) is 125 cm³/mol. The van der Waals surface area contributed by atoms with E-state index in [-0.39, 0.29) is 24.7 Å². The molecule has 2 amide bonds. The fourth-order valence-electron chi connectivity index (χ4n) is 6.12. The van der Waals surface area contributed by atoms with Crippen LogP contribution in [0.3, 0.4) is 0 Å². The Kier molecular flexibility index (Phi) is 7.04. The number of rotatable bonds is 6. The number of amides is 2. The van der Waals surface area contributed by atoms with Gasteiger partial charge in [-0.15, -0.1) is 0 Å². The number of nitrogens with one attached hydrogen (secondary N) is 1. The molecule has 0 spiro atoms. The molecule has 7 nitrogen and oxygen atoms in total. The standard InChI is InChI=1S/C26H37N3O4/c30-25(27-17-19-10-11-22-23(16-19)33-18-32-22)24(20-6-4-5-7-20)28-12-14-29(15-13-28)26(31)21-8-2-1-3-9-21/h10-11,16,20-21,24H,1-9,12-15,17-18H2,(H,27,30). The number of carbonyl (C=O) groups is 2. The van der Waals surface area contributed by atoms with Gasteiger partial charge in [-0.25, -0.2) is 0 Å². The van der Waals surface area contributed by atoms with Crippen LogP contribution in [-0.4, -0.2) is 60.6 Å². The molecule has 0 radical (unpaired) electrons. The summed E-state index contributed by atoms with van der Waals surface area (Å²) < 4.78 is 10.9. The van der Waals surface area contributed by atoms with Crippen molar-refractivity contribution < 1.29 is 19.1 Å². The van der Waals surface area contributed by atoms with Gasteiger partial charge in [0.25, 0.3) is 0 Å². The third kappa shape index (κ3) is 5.13. The summed E-state index contributed by atoms with van der Waals surface area (Å²) in [7, 11) is 0. The van der Waals surface area contributed by atoms with E-state index in [0.29, 0.717) is 18.4 Å². The summed E-state index contributed by atoms with van der Waals surface area (Å²) >= 11 is 0. The number of carbonyl (C=O) groups excluding carboxylic acids is 2. The van der Waals surface area contributed by atoms with Crippen molar-refractivity contribution >= 4 is 11.8 Å². The second-order valence-electron chi connectivity index (χ2n) is 10.1. The quantitative estimate of drug-likeness (QED) is 0.713. The largest absolute Gasteiger partial charge is 0.454 e. The lowest BCUT2D eigenvalue weighted by molar-refractivity contribution is -0.139. The zero-order chi connectivity index (χ0) is 22.6. The van der Waals surface area contributed by atoms with Gasteiger partial charge >= 0.3 is 0 Å². The fraction of sp³-hybridized carbons (Fsp3) is 0.692. The van der Waals surface area contributed by atoms with E-state index in [1.165, 1.54) is 32.1 Å². The molecule has 1 aromatic carbocycles. The van der Waals surface area contributed by atoms with E-state index in [1.807, 2.05) is 18.2 Å². The van der Waals surface area contributed by atoms with Crippen molar-refractivity contribution in [1.29, 1.82) is 0 Å². The number of piperazine rings is 1. The highest BCUT2D eigenvalue weighted by atomic mass is 16.7. The highest BCUT2D eigenvalue weighted by molar-refractivity contribution is 5.82. The van der Waals surface area contributed by atoms with E-state index in [2.05, 4.69) is 15.1 Å². The highest BCUT2D eigenvalue weighted by Gasteiger charge is 2.38. The van der Waals surface area contributed by atoms with Crippen molar-refractivity contribution in [2.75, 3.05) is 33.0 Å². The Morgan fingerprint density at radius 2 is 1.61 bits per heavy atom. The summed E-state index contributed by atoms with van der Waals surface area (Å²) in [4.78, 5) is 30.8. The zero-order valence-electron chi connectivity index (χ0n) is 19.6. The molecular formula is C26H37N3O4. The van der Waals surface area contributed by atoms with Crippen LogP contribution in [0.25, 0.3) is 0 Å². The molecule has 1 aromatic rings. The number of nitrogens with zero attached hydrogens (tertiary/aromatic N) is 2. The molecule has 2 heterocycles. The number of hydrogen-bond donors (Lipinski definition) is 1. The molecule has 7 heteroatoms. The minimum Gasteiger partial charge on any atom is -0.454 e. The monoisotopic (exact) mass is 455 g/mol. The van der Waals surface area contributed by atoms with Crippen LogP contribution >= 0.6 is 0 Å². The first-order chi connectivity index (χ1) is 16.2. The normalized spacial score (nSPS) is 23.0. The molecule has 4 aliphatic rings. The minimum atomic E-state index is -0.103. The van der Waals surface area contributed by atoms with E-state index >= 15 is 0 Å². The summed E-state index contributed by atoms with van der Waals surface area (Å²) in [5.74, 6) is 2.59. The number of ether oxygens (including phenoxy) is 2. The summed E-state index contributed by atoms with van der Waals surface area (Å²) in [5.41, 5.74) is 1.01. The highest BCUT2D eigenvalue weighted by Crippen LogP contribution is 2.33. The topological polar surface area (TPSA) is 71.1 Å². The Labute approximate surface area is 196 Å². The van der Waals surface area contributed by atoms with Crippen LogP contribution in [0.5, 0.6) is 11.5 Å². The average Bonchev–Trinajstić information content (AvgIpc) is 3.55. The van der Waals surface area contributed by atoms with E-state index in [0.717, 1.165) is 68.9 Å². The smallest absolute Gasteiger partial charge is 0.237 e. The van der Waals surface area contributed by atoms with Crippen molar-refractivity contribution in [3.05, 3.63) is 23.8 Å². The Balaban J connectivity index is 1.19. The minimum absolute atomic E-state index is 0.103. The molecule has 3 fully saturated rings. The molecule has 1 saturated heterocycles. The molecule has 180 valence electrons. The second-order valence-corrected chi connectivity index (χ2v) is 10.1. The Hall–Kier alpha value is -2.28. The van der Waals surface area contributed by atoms with Gasteiger partial charge in [0.2, 0.25) is 18.6 Å². The molecule has 1 N–H and O–H groups in total. The van der Waals surface area contributed by atoms with Crippen molar-refractivity contribution in [2.24, 2.45) is 11.8 Å². The SMILES string of the molecule is O=C(NCc1ccc2c(c1)OCO2)C(C1CCCC1)N1CCN(C(=O)C2CCCCC2)CC1. The molecule has 5 rings (SSSR count). The first-order valence-electron chi connectivity index (χ1n) is 12.9. The molecule has 33 heavy (non-hydrogen) atoms. The van der Waals surface area contributed by atoms with Gasteiger partial charge in [-0.1, -0.05) is 38.2 Å². The van der Waals surface area contributed by atoms with E-state index < -0.39 is 0 Å². The molecule has 1 atom stereocenters. The van der Waals surface area contributed by atoms with Gasteiger partial charge in [-0.05, 0) is 49.3 Å². The second kappa shape index (κ2) is 10.3. The van der Waals surface area contributed by atoms with E-state index in [1.54, 1.807) is 0 Å². The number of hydrogen-bond acceptors (Lipinski definition) is 5. The first kappa shape index (κ1) is 22.5. The predicted octanol–water partition coefficient (Wildman–Crippen LogP) is 3.31. The summed E-state index contributed by atoms with van der Waals surface area (Å²) in [6.07, 6.45) is 10.4. The van der Waals surface area contributed by atoms with Gasteiger partial charge in [0, 0.05) is 38.6 Å². The molecule has 2 aliphatic carbocycles. The van der Waals surface area contributed by atoms with Crippen LogP contribution in [0.1, 0.15) is 63.4 Å². The van der Waals surface area contributed by atoms with Gasteiger partial charge in [-0.2, -0.15) is 0 Å². The van der Waals surface area contributed by atoms with Crippen LogP contribution in [-0.2, 0) is 16.1 Å². The third-order valence-corrected chi connectivity index (χ3v) is 7.99. The molecule has 2 aliphatic heterocycles. The van der Waals surface area contributed by atoms with E-state index in [4.69, 9.17) is 9.47 Å². The zero-order valence-corrected chi connectivity index (χ0v) is 19.6. The van der Waals surface area contributed by atoms with Crippen molar-refractivity contribution in [3.63, 3.8) is 0 Å². The van der Waals surface area contributed by atoms with Gasteiger partial charge in [0.1, 0.15) is 0 Å². The Morgan fingerprint density at radius 1 is 0.909 bits per heavy atom. The third-order valence-electron chi connectivity index (χ3n) is 7.99. The molecule has 2 saturated carbocycles. The van der Waals surface area contributed by atoms with Crippen LogP contribution in [0.4, 0.5) is 0 Å². The summed E-state index contributed by atoms with van der Waals surface area (Å²) in [5, 5.41) is 3.19. The maximum absolute atomic E-state index is 13.4. The van der Waals surface area contributed by atoms with Crippen molar-refractivity contribution in [3.8, 4) is 11.5 Å². The lowest BCUT2D eigenvalue weighted by Crippen LogP contribution is -2.58. The molecular weight excluding hydrogens is 418 g/mol. The lowest BCUT2D eigenvalue weighted by Gasteiger charge is -2.41.